The predicted molar refractivity (Wildman–Crippen MR) is 139 cm³/mol. The number of benzene rings is 3. The second kappa shape index (κ2) is 12.7. The first-order valence-electron chi connectivity index (χ1n) is 10.2. The zero-order chi connectivity index (χ0) is 24.7. The third-order valence-electron chi connectivity index (χ3n) is 4.89. The Hall–Kier alpha value is -3.73. The van der Waals surface area contributed by atoms with Gasteiger partial charge >= 0.3 is 0 Å². The molecule has 1 atom stereocenters. The van der Waals surface area contributed by atoms with E-state index < -0.39 is 22.8 Å². The lowest BCUT2D eigenvalue weighted by atomic mass is 10.0. The molecule has 182 valence electrons. The van der Waals surface area contributed by atoms with Gasteiger partial charge in [-0.1, -0.05) is 42.5 Å². The number of ketones is 1. The van der Waals surface area contributed by atoms with Crippen LogP contribution in [-0.2, 0) is 16.0 Å². The van der Waals surface area contributed by atoms with Crippen molar-refractivity contribution in [1.29, 1.82) is 0 Å². The highest BCUT2D eigenvalue weighted by Gasteiger charge is 2.18. The molecule has 0 aliphatic rings. The molecule has 9 nitrogen and oxygen atoms in total. The van der Waals surface area contributed by atoms with Crippen LogP contribution >= 0.6 is 25.0 Å². The van der Waals surface area contributed by atoms with E-state index in [4.69, 9.17) is 5.73 Å². The summed E-state index contributed by atoms with van der Waals surface area (Å²) in [5.74, 6) is -1.06. The van der Waals surface area contributed by atoms with Crippen molar-refractivity contribution in [2.75, 3.05) is 16.4 Å². The number of hydrogen-bond acceptors (Lipinski definition) is 7. The summed E-state index contributed by atoms with van der Waals surface area (Å²) in [6.07, 6.45) is -0.0494. The van der Waals surface area contributed by atoms with Crippen molar-refractivity contribution in [3.63, 3.8) is 0 Å². The molecule has 35 heavy (non-hydrogen) atoms. The molecular weight excluding hydrogens is 492 g/mol. The van der Waals surface area contributed by atoms with Crippen LogP contribution in [0, 0.1) is 10.1 Å². The van der Waals surface area contributed by atoms with Crippen LogP contribution in [0.2, 0.25) is 0 Å². The number of non-ortho nitro benzene ring substituents is 1. The number of carbonyl (C=O) groups excluding carboxylic acids is 3. The molecule has 0 saturated heterocycles. The lowest BCUT2D eigenvalue weighted by molar-refractivity contribution is -0.384. The Kier molecular flexibility index (Phi) is 9.95. The van der Waals surface area contributed by atoms with Gasteiger partial charge in [0.1, 0.15) is 0 Å². The summed E-state index contributed by atoms with van der Waals surface area (Å²) in [5.41, 5.74) is 7.39. The molecule has 0 radical (unpaired) electrons. The van der Waals surface area contributed by atoms with E-state index in [1.165, 1.54) is 36.4 Å². The molecule has 0 fully saturated rings. The van der Waals surface area contributed by atoms with Gasteiger partial charge in [0, 0.05) is 34.7 Å². The fraction of sp³-hybridized carbons (Fsp3) is 0.125. The average Bonchev–Trinajstić information content (AvgIpc) is 2.84. The normalized spacial score (nSPS) is 11.0. The zero-order valence-corrected chi connectivity index (χ0v) is 20.1. The highest BCUT2D eigenvalue weighted by molar-refractivity contribution is 7.80. The standard InChI is InChI=1S/C24H22N4O5S.ClH/c25-20(14-34)24(31)26-17-8-11-21(19(13-17)23(30)16-4-2-1-3-5-16)27-22(29)12-15-6-9-18(10-7-15)28(32)33;/h1-11,13,20,34H,12,14,25H2,(H,26,31)(H,27,29);1H/t20-;/m0./s1. The van der Waals surface area contributed by atoms with Crippen LogP contribution in [0.4, 0.5) is 17.1 Å². The van der Waals surface area contributed by atoms with Crippen LogP contribution in [0.3, 0.4) is 0 Å². The summed E-state index contributed by atoms with van der Waals surface area (Å²) < 4.78 is 0. The summed E-state index contributed by atoms with van der Waals surface area (Å²) in [6.45, 7) is 0. The van der Waals surface area contributed by atoms with Crippen molar-refractivity contribution >= 4 is 59.7 Å². The van der Waals surface area contributed by atoms with E-state index in [2.05, 4.69) is 23.3 Å². The largest absolute Gasteiger partial charge is 0.325 e. The number of halogens is 1. The lowest BCUT2D eigenvalue weighted by Crippen LogP contribution is -2.37. The van der Waals surface area contributed by atoms with E-state index in [0.717, 1.165) is 0 Å². The molecule has 0 saturated carbocycles. The van der Waals surface area contributed by atoms with Gasteiger partial charge in [-0.15, -0.1) is 12.4 Å². The van der Waals surface area contributed by atoms with E-state index in [1.54, 1.807) is 36.4 Å². The van der Waals surface area contributed by atoms with Crippen LogP contribution in [0.15, 0.2) is 72.8 Å². The predicted octanol–water partition coefficient (Wildman–Crippen LogP) is 3.62. The Morgan fingerprint density at radius 3 is 2.23 bits per heavy atom. The fourth-order valence-corrected chi connectivity index (χ4v) is 3.26. The summed E-state index contributed by atoms with van der Waals surface area (Å²) in [4.78, 5) is 48.2. The number of nitro groups is 1. The number of nitro benzene ring substituents is 1. The maximum absolute atomic E-state index is 13.2. The molecule has 3 aromatic rings. The Bertz CT molecular complexity index is 1220. The first kappa shape index (κ1) is 27.5. The minimum absolute atomic E-state index is 0. The average molecular weight is 515 g/mol. The van der Waals surface area contributed by atoms with Crippen LogP contribution < -0.4 is 16.4 Å². The fourth-order valence-electron chi connectivity index (χ4n) is 3.10. The quantitative estimate of drug-likeness (QED) is 0.148. The maximum Gasteiger partial charge on any atom is 0.269 e. The van der Waals surface area contributed by atoms with Gasteiger partial charge in [-0.25, -0.2) is 0 Å². The van der Waals surface area contributed by atoms with Gasteiger partial charge in [0.25, 0.3) is 5.69 Å². The minimum atomic E-state index is -0.822. The first-order chi connectivity index (χ1) is 16.3. The molecule has 3 rings (SSSR count). The number of nitrogens with one attached hydrogen (secondary N) is 2. The van der Waals surface area contributed by atoms with Gasteiger partial charge in [0.05, 0.1) is 23.1 Å². The first-order valence-corrected chi connectivity index (χ1v) is 10.9. The number of nitrogens with zero attached hydrogens (tertiary/aromatic N) is 1. The molecule has 0 spiro atoms. The van der Waals surface area contributed by atoms with Gasteiger partial charge in [0.15, 0.2) is 5.78 Å². The third kappa shape index (κ3) is 7.38. The second-order valence-corrected chi connectivity index (χ2v) is 7.75. The van der Waals surface area contributed by atoms with E-state index in [-0.39, 0.29) is 47.3 Å². The minimum Gasteiger partial charge on any atom is -0.325 e. The van der Waals surface area contributed by atoms with Crippen LogP contribution in [0.1, 0.15) is 21.5 Å². The molecule has 0 unspecified atom stereocenters. The van der Waals surface area contributed by atoms with Crippen molar-refractivity contribution in [3.8, 4) is 0 Å². The number of amides is 2. The molecule has 0 heterocycles. The molecule has 0 aliphatic heterocycles. The Morgan fingerprint density at radius 2 is 1.63 bits per heavy atom. The van der Waals surface area contributed by atoms with Gasteiger partial charge in [-0.05, 0) is 23.8 Å². The van der Waals surface area contributed by atoms with Gasteiger partial charge < -0.3 is 16.4 Å². The number of carbonyl (C=O) groups is 3. The molecular formula is C24H23ClN4O5S. The number of hydrogen-bond donors (Lipinski definition) is 4. The van der Waals surface area contributed by atoms with Gasteiger partial charge in [-0.2, -0.15) is 12.6 Å². The molecule has 0 aromatic heterocycles. The molecule has 4 N–H and O–H groups in total. The topological polar surface area (TPSA) is 144 Å². The monoisotopic (exact) mass is 514 g/mol. The third-order valence-corrected chi connectivity index (χ3v) is 5.28. The SMILES string of the molecule is Cl.N[C@@H](CS)C(=O)Nc1ccc(NC(=O)Cc2ccc([N+](=O)[O-])cc2)c(C(=O)c2ccccc2)c1. The van der Waals surface area contributed by atoms with Gasteiger partial charge in [0.2, 0.25) is 11.8 Å². The highest BCUT2D eigenvalue weighted by Crippen LogP contribution is 2.24. The number of thiol groups is 1. The van der Waals surface area contributed by atoms with E-state index in [0.29, 0.717) is 16.8 Å². The molecule has 2 amide bonds. The Morgan fingerprint density at radius 1 is 0.971 bits per heavy atom. The van der Waals surface area contributed by atoms with Gasteiger partial charge in [-0.3, -0.25) is 24.5 Å². The highest BCUT2D eigenvalue weighted by atomic mass is 35.5. The van der Waals surface area contributed by atoms with Crippen molar-refractivity contribution < 1.29 is 19.3 Å². The van der Waals surface area contributed by atoms with Crippen LogP contribution in [0.25, 0.3) is 0 Å². The van der Waals surface area contributed by atoms with E-state index in [1.807, 2.05) is 0 Å². The van der Waals surface area contributed by atoms with Crippen molar-refractivity contribution in [3.05, 3.63) is 99.6 Å². The maximum atomic E-state index is 13.2. The molecule has 11 heteroatoms. The van der Waals surface area contributed by atoms with Crippen LogP contribution in [-0.4, -0.2) is 34.3 Å². The van der Waals surface area contributed by atoms with Crippen molar-refractivity contribution in [2.45, 2.75) is 12.5 Å². The Balaban J connectivity index is 0.00000432. The zero-order valence-electron chi connectivity index (χ0n) is 18.3. The summed E-state index contributed by atoms with van der Waals surface area (Å²) in [5, 5.41) is 16.2. The summed E-state index contributed by atoms with van der Waals surface area (Å²) in [6, 6.07) is 17.9. The summed E-state index contributed by atoms with van der Waals surface area (Å²) in [7, 11) is 0. The number of nitrogens with two attached hydrogens (primary N) is 1. The smallest absolute Gasteiger partial charge is 0.269 e. The van der Waals surface area contributed by atoms with E-state index in [9.17, 15) is 24.5 Å². The number of rotatable bonds is 9. The molecule has 3 aromatic carbocycles. The summed E-state index contributed by atoms with van der Waals surface area (Å²) >= 11 is 4.01. The van der Waals surface area contributed by atoms with E-state index >= 15 is 0 Å². The molecule has 0 bridgehead atoms. The second-order valence-electron chi connectivity index (χ2n) is 7.38. The lowest BCUT2D eigenvalue weighted by Gasteiger charge is -2.15. The van der Waals surface area contributed by atoms with Crippen molar-refractivity contribution in [2.24, 2.45) is 5.73 Å². The Labute approximate surface area is 213 Å². The van der Waals surface area contributed by atoms with Crippen LogP contribution in [0.5, 0.6) is 0 Å². The van der Waals surface area contributed by atoms with Crippen molar-refractivity contribution in [1.82, 2.24) is 0 Å². The number of anilines is 2. The molecule has 0 aliphatic carbocycles.